The number of non-ortho nitro benzene ring substituents is 1. The zero-order valence-corrected chi connectivity index (χ0v) is 11.0. The standard InChI is InChI=1S/C12H14N6O3/c13-17-10-2-1-8(18(20)21)7-9(10)12(19)16-4-3-11-14-5-6-15-11/h1-2,5-7,17H,3-4,13H2,(H,14,15)(H,16,19). The third kappa shape index (κ3) is 3.54. The van der Waals surface area contributed by atoms with Crippen LogP contribution in [0.5, 0.6) is 0 Å². The van der Waals surface area contributed by atoms with Gasteiger partial charge in [0.15, 0.2) is 0 Å². The molecule has 2 rings (SSSR count). The Morgan fingerprint density at radius 1 is 1.48 bits per heavy atom. The van der Waals surface area contributed by atoms with Gasteiger partial charge in [-0.1, -0.05) is 0 Å². The first kappa shape index (κ1) is 14.5. The van der Waals surface area contributed by atoms with E-state index in [1.54, 1.807) is 12.4 Å². The van der Waals surface area contributed by atoms with E-state index in [1.165, 1.54) is 18.2 Å². The molecule has 5 N–H and O–H groups in total. The number of hydrogen-bond acceptors (Lipinski definition) is 6. The topological polar surface area (TPSA) is 139 Å². The van der Waals surface area contributed by atoms with Crippen molar-refractivity contribution in [1.82, 2.24) is 15.3 Å². The first-order chi connectivity index (χ1) is 10.1. The SMILES string of the molecule is NNc1ccc([N+](=O)[O-])cc1C(=O)NCCc1ncc[nH]1. The number of nitro benzene ring substituents is 1. The van der Waals surface area contributed by atoms with E-state index in [1.807, 2.05) is 0 Å². The molecular weight excluding hydrogens is 276 g/mol. The summed E-state index contributed by atoms with van der Waals surface area (Å²) < 4.78 is 0. The Morgan fingerprint density at radius 3 is 2.90 bits per heavy atom. The van der Waals surface area contributed by atoms with E-state index in [0.29, 0.717) is 18.7 Å². The van der Waals surface area contributed by atoms with Gasteiger partial charge in [0, 0.05) is 37.5 Å². The number of nitrogens with zero attached hydrogens (tertiary/aromatic N) is 2. The van der Waals surface area contributed by atoms with Crippen LogP contribution in [-0.4, -0.2) is 27.3 Å². The number of hydrogen-bond donors (Lipinski definition) is 4. The Balaban J connectivity index is 2.06. The fourth-order valence-electron chi connectivity index (χ4n) is 1.78. The largest absolute Gasteiger partial charge is 0.352 e. The Kier molecular flexibility index (Phi) is 4.46. The van der Waals surface area contributed by atoms with Crippen molar-refractivity contribution < 1.29 is 9.72 Å². The molecule has 21 heavy (non-hydrogen) atoms. The maximum atomic E-state index is 12.1. The highest BCUT2D eigenvalue weighted by Crippen LogP contribution is 2.21. The first-order valence-corrected chi connectivity index (χ1v) is 6.13. The molecule has 0 atom stereocenters. The van der Waals surface area contributed by atoms with Crippen LogP contribution in [0.25, 0.3) is 0 Å². The highest BCUT2D eigenvalue weighted by atomic mass is 16.6. The molecule has 0 spiro atoms. The Hall–Kier alpha value is -2.94. The van der Waals surface area contributed by atoms with E-state index >= 15 is 0 Å². The fraction of sp³-hybridized carbons (Fsp3) is 0.167. The van der Waals surface area contributed by atoms with E-state index in [9.17, 15) is 14.9 Å². The predicted molar refractivity (Wildman–Crippen MR) is 75.5 cm³/mol. The quantitative estimate of drug-likeness (QED) is 0.348. The smallest absolute Gasteiger partial charge is 0.270 e. The lowest BCUT2D eigenvalue weighted by molar-refractivity contribution is -0.384. The Morgan fingerprint density at radius 2 is 2.29 bits per heavy atom. The molecule has 0 radical (unpaired) electrons. The second-order valence-corrected chi connectivity index (χ2v) is 4.17. The zero-order chi connectivity index (χ0) is 15.2. The summed E-state index contributed by atoms with van der Waals surface area (Å²) in [5.41, 5.74) is 2.60. The van der Waals surface area contributed by atoms with Crippen molar-refractivity contribution in [2.24, 2.45) is 5.84 Å². The van der Waals surface area contributed by atoms with Gasteiger partial charge in [-0.3, -0.25) is 20.8 Å². The highest BCUT2D eigenvalue weighted by molar-refractivity contribution is 6.00. The number of nitrogen functional groups attached to an aromatic ring is 1. The molecule has 0 bridgehead atoms. The van der Waals surface area contributed by atoms with Gasteiger partial charge in [0.25, 0.3) is 11.6 Å². The summed E-state index contributed by atoms with van der Waals surface area (Å²) >= 11 is 0. The molecule has 2 aromatic rings. The normalized spacial score (nSPS) is 10.1. The minimum atomic E-state index is -0.570. The van der Waals surface area contributed by atoms with Gasteiger partial charge in [-0.2, -0.15) is 0 Å². The number of imidazole rings is 1. The van der Waals surface area contributed by atoms with Crippen molar-refractivity contribution in [3.8, 4) is 0 Å². The monoisotopic (exact) mass is 290 g/mol. The lowest BCUT2D eigenvalue weighted by Crippen LogP contribution is -2.27. The molecule has 9 heteroatoms. The lowest BCUT2D eigenvalue weighted by atomic mass is 10.1. The maximum Gasteiger partial charge on any atom is 0.270 e. The highest BCUT2D eigenvalue weighted by Gasteiger charge is 2.16. The Labute approximate surface area is 119 Å². The number of nitrogens with one attached hydrogen (secondary N) is 3. The number of aromatic nitrogens is 2. The summed E-state index contributed by atoms with van der Waals surface area (Å²) in [6.07, 6.45) is 3.83. The second-order valence-electron chi connectivity index (χ2n) is 4.17. The summed E-state index contributed by atoms with van der Waals surface area (Å²) in [6, 6.07) is 3.84. The molecular formula is C12H14N6O3. The molecule has 0 aliphatic carbocycles. The van der Waals surface area contributed by atoms with Crippen molar-refractivity contribution in [2.75, 3.05) is 12.0 Å². The molecule has 1 amide bonds. The number of anilines is 1. The molecule has 0 unspecified atom stereocenters. The number of amides is 1. The molecule has 110 valence electrons. The van der Waals surface area contributed by atoms with E-state index in [4.69, 9.17) is 5.84 Å². The number of aromatic amines is 1. The van der Waals surface area contributed by atoms with Crippen LogP contribution in [-0.2, 0) is 6.42 Å². The summed E-state index contributed by atoms with van der Waals surface area (Å²) in [5.74, 6) is 5.60. The fourth-order valence-corrected chi connectivity index (χ4v) is 1.78. The molecule has 9 nitrogen and oxygen atoms in total. The molecule has 0 saturated heterocycles. The average molecular weight is 290 g/mol. The summed E-state index contributed by atoms with van der Waals surface area (Å²) in [7, 11) is 0. The van der Waals surface area contributed by atoms with Crippen LogP contribution < -0.4 is 16.6 Å². The lowest BCUT2D eigenvalue weighted by Gasteiger charge is -2.09. The number of nitro groups is 1. The first-order valence-electron chi connectivity index (χ1n) is 6.13. The van der Waals surface area contributed by atoms with Crippen LogP contribution in [0.1, 0.15) is 16.2 Å². The van der Waals surface area contributed by atoms with E-state index < -0.39 is 10.8 Å². The third-order valence-electron chi connectivity index (χ3n) is 2.82. The van der Waals surface area contributed by atoms with Crippen molar-refractivity contribution in [3.05, 3.63) is 52.1 Å². The van der Waals surface area contributed by atoms with Crippen LogP contribution in [0.15, 0.2) is 30.6 Å². The van der Waals surface area contributed by atoms with Crippen molar-refractivity contribution >= 4 is 17.3 Å². The number of benzene rings is 1. The number of nitrogens with two attached hydrogens (primary N) is 1. The van der Waals surface area contributed by atoms with Gasteiger partial charge in [-0.25, -0.2) is 4.98 Å². The van der Waals surface area contributed by atoms with Crippen molar-refractivity contribution in [1.29, 1.82) is 0 Å². The van der Waals surface area contributed by atoms with Gasteiger partial charge < -0.3 is 15.7 Å². The van der Waals surface area contributed by atoms with E-state index in [-0.39, 0.29) is 11.3 Å². The molecule has 0 fully saturated rings. The van der Waals surface area contributed by atoms with Crippen molar-refractivity contribution in [2.45, 2.75) is 6.42 Å². The van der Waals surface area contributed by atoms with Crippen LogP contribution in [0.4, 0.5) is 11.4 Å². The van der Waals surface area contributed by atoms with Crippen LogP contribution in [0.3, 0.4) is 0 Å². The van der Waals surface area contributed by atoms with Gasteiger partial charge in [-0.15, -0.1) is 0 Å². The Bertz CT molecular complexity index is 640. The average Bonchev–Trinajstić information content (AvgIpc) is 2.99. The molecule has 0 aliphatic rings. The predicted octanol–water partition coefficient (Wildman–Crippen LogP) is 0.576. The number of hydrazine groups is 1. The minimum Gasteiger partial charge on any atom is -0.352 e. The molecule has 1 heterocycles. The molecule has 1 aromatic carbocycles. The molecule has 1 aromatic heterocycles. The van der Waals surface area contributed by atoms with Crippen LogP contribution in [0, 0.1) is 10.1 Å². The van der Waals surface area contributed by atoms with Gasteiger partial charge in [0.1, 0.15) is 5.82 Å². The number of carbonyl (C=O) groups excluding carboxylic acids is 1. The van der Waals surface area contributed by atoms with Crippen LogP contribution >= 0.6 is 0 Å². The summed E-state index contributed by atoms with van der Waals surface area (Å²) in [5, 5.41) is 13.4. The maximum absolute atomic E-state index is 12.1. The van der Waals surface area contributed by atoms with Gasteiger partial charge in [0.05, 0.1) is 16.2 Å². The van der Waals surface area contributed by atoms with E-state index in [0.717, 1.165) is 5.82 Å². The van der Waals surface area contributed by atoms with Gasteiger partial charge >= 0.3 is 0 Å². The minimum absolute atomic E-state index is 0.117. The number of rotatable bonds is 6. The molecule has 0 aliphatic heterocycles. The number of carbonyl (C=O) groups is 1. The third-order valence-corrected chi connectivity index (χ3v) is 2.82. The van der Waals surface area contributed by atoms with E-state index in [2.05, 4.69) is 20.7 Å². The van der Waals surface area contributed by atoms with Gasteiger partial charge in [-0.05, 0) is 6.07 Å². The zero-order valence-electron chi connectivity index (χ0n) is 11.0. The summed E-state index contributed by atoms with van der Waals surface area (Å²) in [6.45, 7) is 0.346. The second kappa shape index (κ2) is 6.48. The number of H-pyrrole nitrogens is 1. The van der Waals surface area contributed by atoms with Crippen LogP contribution in [0.2, 0.25) is 0 Å². The van der Waals surface area contributed by atoms with Gasteiger partial charge in [0.2, 0.25) is 0 Å². The van der Waals surface area contributed by atoms with Crippen molar-refractivity contribution in [3.63, 3.8) is 0 Å². The summed E-state index contributed by atoms with van der Waals surface area (Å²) in [4.78, 5) is 29.2. The molecule has 0 saturated carbocycles.